The highest BCUT2D eigenvalue weighted by molar-refractivity contribution is 5.06. The van der Waals surface area contributed by atoms with Gasteiger partial charge < -0.3 is 10.4 Å². The highest BCUT2D eigenvalue weighted by Crippen LogP contribution is 2.14. The molecule has 0 radical (unpaired) electrons. The lowest BCUT2D eigenvalue weighted by Crippen LogP contribution is -2.47. The molecule has 0 saturated carbocycles. The van der Waals surface area contributed by atoms with Crippen molar-refractivity contribution in [3.05, 3.63) is 18.0 Å². The van der Waals surface area contributed by atoms with Gasteiger partial charge in [0.1, 0.15) is 0 Å². The van der Waals surface area contributed by atoms with Crippen molar-refractivity contribution in [3.8, 4) is 0 Å². The molecular weight excluding hydrogens is 214 g/mol. The third kappa shape index (κ3) is 3.82. The van der Waals surface area contributed by atoms with Crippen LogP contribution in [0.3, 0.4) is 0 Å². The van der Waals surface area contributed by atoms with Crippen molar-refractivity contribution in [1.29, 1.82) is 0 Å². The quantitative estimate of drug-likeness (QED) is 0.843. The third-order valence-corrected chi connectivity index (χ3v) is 3.12. The first-order valence-electron chi connectivity index (χ1n) is 6.10. The number of aliphatic hydroxyl groups is 1. The van der Waals surface area contributed by atoms with Gasteiger partial charge in [-0.1, -0.05) is 0 Å². The molecule has 1 aromatic heterocycles. The zero-order valence-corrected chi connectivity index (χ0v) is 11.8. The molecule has 0 bridgehead atoms. The van der Waals surface area contributed by atoms with Crippen molar-refractivity contribution in [1.82, 2.24) is 15.1 Å². The fourth-order valence-corrected chi connectivity index (χ4v) is 1.30. The van der Waals surface area contributed by atoms with Crippen LogP contribution >= 0.6 is 0 Å². The van der Waals surface area contributed by atoms with Gasteiger partial charge >= 0.3 is 0 Å². The first-order valence-corrected chi connectivity index (χ1v) is 6.10. The van der Waals surface area contributed by atoms with E-state index in [9.17, 15) is 5.11 Å². The second kappa shape index (κ2) is 4.78. The summed E-state index contributed by atoms with van der Waals surface area (Å²) in [6, 6.07) is 0. The zero-order valence-electron chi connectivity index (χ0n) is 11.8. The van der Waals surface area contributed by atoms with Crippen molar-refractivity contribution in [2.45, 2.75) is 65.3 Å². The Labute approximate surface area is 104 Å². The molecule has 98 valence electrons. The van der Waals surface area contributed by atoms with Crippen LogP contribution in [-0.4, -0.2) is 26.5 Å². The molecule has 0 amide bonds. The van der Waals surface area contributed by atoms with Crippen molar-refractivity contribution in [3.63, 3.8) is 0 Å². The predicted molar refractivity (Wildman–Crippen MR) is 69.8 cm³/mol. The molecule has 4 nitrogen and oxygen atoms in total. The van der Waals surface area contributed by atoms with Crippen LogP contribution < -0.4 is 5.32 Å². The first-order chi connectivity index (χ1) is 7.63. The van der Waals surface area contributed by atoms with E-state index in [1.807, 2.05) is 30.9 Å². The lowest BCUT2D eigenvalue weighted by atomic mass is 9.98. The Morgan fingerprint density at radius 1 is 1.35 bits per heavy atom. The molecule has 1 unspecified atom stereocenters. The Morgan fingerprint density at radius 2 is 1.94 bits per heavy atom. The predicted octanol–water partition coefficient (Wildman–Crippen LogP) is 1.89. The van der Waals surface area contributed by atoms with Gasteiger partial charge in [0.05, 0.1) is 17.8 Å². The van der Waals surface area contributed by atoms with Crippen LogP contribution in [0, 0.1) is 0 Å². The molecule has 0 fully saturated rings. The third-order valence-electron chi connectivity index (χ3n) is 3.12. The van der Waals surface area contributed by atoms with Crippen LogP contribution in [0.1, 0.15) is 47.1 Å². The number of nitrogens with one attached hydrogen (secondary N) is 1. The van der Waals surface area contributed by atoms with E-state index in [-0.39, 0.29) is 17.2 Å². The van der Waals surface area contributed by atoms with E-state index in [1.54, 1.807) is 6.92 Å². The molecule has 1 rings (SSSR count). The summed E-state index contributed by atoms with van der Waals surface area (Å²) in [5, 5.41) is 17.3. The molecule has 0 aromatic carbocycles. The van der Waals surface area contributed by atoms with Crippen LogP contribution in [-0.2, 0) is 12.1 Å². The second-order valence-electron chi connectivity index (χ2n) is 6.22. The highest BCUT2D eigenvalue weighted by atomic mass is 16.3. The van der Waals surface area contributed by atoms with Crippen LogP contribution in [0.25, 0.3) is 0 Å². The number of aliphatic hydroxyl groups excluding tert-OH is 1. The molecule has 0 saturated heterocycles. The minimum atomic E-state index is -0.389. The van der Waals surface area contributed by atoms with Crippen LogP contribution in [0.15, 0.2) is 12.4 Å². The molecule has 1 atom stereocenters. The van der Waals surface area contributed by atoms with Gasteiger partial charge in [-0.25, -0.2) is 0 Å². The number of hydrogen-bond acceptors (Lipinski definition) is 3. The molecule has 0 aliphatic rings. The minimum absolute atomic E-state index is 0.0119. The number of aromatic nitrogens is 2. The summed E-state index contributed by atoms with van der Waals surface area (Å²) in [7, 11) is 0. The zero-order chi connectivity index (χ0) is 13.3. The molecule has 1 heterocycles. The summed E-state index contributed by atoms with van der Waals surface area (Å²) < 4.78 is 1.96. The van der Waals surface area contributed by atoms with Gasteiger partial charge in [0, 0.05) is 23.8 Å². The van der Waals surface area contributed by atoms with Gasteiger partial charge in [0.25, 0.3) is 0 Å². The van der Waals surface area contributed by atoms with Gasteiger partial charge in [0.15, 0.2) is 0 Å². The van der Waals surface area contributed by atoms with Crippen molar-refractivity contribution in [2.24, 2.45) is 0 Å². The molecule has 17 heavy (non-hydrogen) atoms. The standard InChI is InChI=1S/C13H25N3O/c1-10(17)13(5,6)14-7-11-8-15-16(9-11)12(2,3)4/h8-10,14,17H,7H2,1-6H3. The van der Waals surface area contributed by atoms with Gasteiger partial charge in [-0.3, -0.25) is 4.68 Å². The van der Waals surface area contributed by atoms with Crippen molar-refractivity contribution >= 4 is 0 Å². The first kappa shape index (κ1) is 14.2. The lowest BCUT2D eigenvalue weighted by Gasteiger charge is -2.29. The van der Waals surface area contributed by atoms with Crippen LogP contribution in [0.2, 0.25) is 0 Å². The van der Waals surface area contributed by atoms with Crippen molar-refractivity contribution < 1.29 is 5.11 Å². The fourth-order valence-electron chi connectivity index (χ4n) is 1.30. The molecule has 4 heteroatoms. The van der Waals surface area contributed by atoms with Crippen molar-refractivity contribution in [2.75, 3.05) is 0 Å². The normalized spacial score (nSPS) is 15.0. The summed E-state index contributed by atoms with van der Waals surface area (Å²) in [6.07, 6.45) is 3.53. The number of rotatable bonds is 4. The molecular formula is C13H25N3O. The highest BCUT2D eigenvalue weighted by Gasteiger charge is 2.23. The van der Waals surface area contributed by atoms with Crippen LogP contribution in [0.4, 0.5) is 0 Å². The number of nitrogens with zero attached hydrogens (tertiary/aromatic N) is 2. The molecule has 0 spiro atoms. The Hall–Kier alpha value is -0.870. The summed E-state index contributed by atoms with van der Waals surface area (Å²) in [6.45, 7) is 12.9. The molecule has 0 aliphatic heterocycles. The van der Waals surface area contributed by atoms with Gasteiger partial charge in [0.2, 0.25) is 0 Å². The summed E-state index contributed by atoms with van der Waals surface area (Å²) in [5.41, 5.74) is 0.857. The van der Waals surface area contributed by atoms with Gasteiger partial charge in [-0.2, -0.15) is 5.10 Å². The summed E-state index contributed by atoms with van der Waals surface area (Å²) >= 11 is 0. The van der Waals surface area contributed by atoms with E-state index in [0.29, 0.717) is 6.54 Å². The summed E-state index contributed by atoms with van der Waals surface area (Å²) in [5.74, 6) is 0. The Balaban J connectivity index is 2.63. The molecule has 0 aliphatic carbocycles. The van der Waals surface area contributed by atoms with E-state index in [4.69, 9.17) is 0 Å². The maximum absolute atomic E-state index is 9.61. The Kier molecular flexibility index (Phi) is 3.99. The maximum Gasteiger partial charge on any atom is 0.0688 e. The smallest absolute Gasteiger partial charge is 0.0688 e. The Bertz CT molecular complexity index is 361. The van der Waals surface area contributed by atoms with E-state index in [2.05, 4.69) is 31.2 Å². The molecule has 1 aromatic rings. The van der Waals surface area contributed by atoms with Gasteiger partial charge in [-0.05, 0) is 41.5 Å². The van der Waals surface area contributed by atoms with E-state index in [0.717, 1.165) is 5.56 Å². The topological polar surface area (TPSA) is 50.1 Å². The Morgan fingerprint density at radius 3 is 2.35 bits per heavy atom. The maximum atomic E-state index is 9.61. The van der Waals surface area contributed by atoms with E-state index < -0.39 is 0 Å². The average molecular weight is 239 g/mol. The van der Waals surface area contributed by atoms with Crippen LogP contribution in [0.5, 0.6) is 0 Å². The molecule has 2 N–H and O–H groups in total. The SMILES string of the molecule is CC(O)C(C)(C)NCc1cnn(C(C)(C)C)c1. The second-order valence-corrected chi connectivity index (χ2v) is 6.22. The van der Waals surface area contributed by atoms with Gasteiger partial charge in [-0.15, -0.1) is 0 Å². The minimum Gasteiger partial charge on any atom is -0.392 e. The lowest BCUT2D eigenvalue weighted by molar-refractivity contribution is 0.0956. The van der Waals surface area contributed by atoms with E-state index >= 15 is 0 Å². The summed E-state index contributed by atoms with van der Waals surface area (Å²) in [4.78, 5) is 0. The average Bonchev–Trinajstić information content (AvgIpc) is 2.62. The number of hydrogen-bond donors (Lipinski definition) is 2. The monoisotopic (exact) mass is 239 g/mol. The largest absolute Gasteiger partial charge is 0.392 e. The van der Waals surface area contributed by atoms with E-state index in [1.165, 1.54) is 0 Å². The fraction of sp³-hybridized carbons (Fsp3) is 0.769.